The fraction of sp³-hybridized carbons (Fsp3) is 0.455. The van der Waals surface area contributed by atoms with Crippen LogP contribution in [-0.4, -0.2) is 26.8 Å². The van der Waals surface area contributed by atoms with Gasteiger partial charge in [-0.05, 0) is 31.6 Å². The van der Waals surface area contributed by atoms with E-state index in [-0.39, 0.29) is 0 Å². The standard InChI is InChI=1S/C11H14ClNO2/c1-13-3-2-8-6-10-11(7-9(8)12)15-5-4-14-10/h6-7,13H,2-5H2,1H3. The summed E-state index contributed by atoms with van der Waals surface area (Å²) in [4.78, 5) is 0. The van der Waals surface area contributed by atoms with E-state index in [0.717, 1.165) is 35.1 Å². The second-order valence-electron chi connectivity index (χ2n) is 3.44. The molecule has 15 heavy (non-hydrogen) atoms. The second-order valence-corrected chi connectivity index (χ2v) is 3.85. The third-order valence-corrected chi connectivity index (χ3v) is 2.71. The van der Waals surface area contributed by atoms with Crippen LogP contribution in [0.4, 0.5) is 0 Å². The van der Waals surface area contributed by atoms with Gasteiger partial charge in [0.15, 0.2) is 11.5 Å². The third-order valence-electron chi connectivity index (χ3n) is 2.36. The molecule has 4 heteroatoms. The number of rotatable bonds is 3. The van der Waals surface area contributed by atoms with Crippen LogP contribution in [-0.2, 0) is 6.42 Å². The van der Waals surface area contributed by atoms with Crippen molar-refractivity contribution in [2.75, 3.05) is 26.8 Å². The van der Waals surface area contributed by atoms with Gasteiger partial charge in [-0.3, -0.25) is 0 Å². The summed E-state index contributed by atoms with van der Waals surface area (Å²) in [6.07, 6.45) is 0.895. The highest BCUT2D eigenvalue weighted by Gasteiger charge is 2.14. The Hall–Kier alpha value is -0.930. The molecule has 1 aliphatic heterocycles. The monoisotopic (exact) mass is 227 g/mol. The number of hydrogen-bond acceptors (Lipinski definition) is 3. The molecule has 0 atom stereocenters. The zero-order chi connectivity index (χ0) is 10.7. The van der Waals surface area contributed by atoms with E-state index in [1.807, 2.05) is 19.2 Å². The zero-order valence-corrected chi connectivity index (χ0v) is 9.43. The van der Waals surface area contributed by atoms with Crippen LogP contribution in [0.1, 0.15) is 5.56 Å². The van der Waals surface area contributed by atoms with Crippen molar-refractivity contribution < 1.29 is 9.47 Å². The van der Waals surface area contributed by atoms with Crippen LogP contribution in [0.3, 0.4) is 0 Å². The van der Waals surface area contributed by atoms with Gasteiger partial charge < -0.3 is 14.8 Å². The molecule has 1 aromatic carbocycles. The molecule has 1 aliphatic rings. The molecule has 0 spiro atoms. The maximum absolute atomic E-state index is 6.13. The van der Waals surface area contributed by atoms with Crippen molar-refractivity contribution in [2.45, 2.75) is 6.42 Å². The lowest BCUT2D eigenvalue weighted by Crippen LogP contribution is -2.16. The summed E-state index contributed by atoms with van der Waals surface area (Å²) in [5, 5.41) is 3.84. The van der Waals surface area contributed by atoms with Gasteiger partial charge in [-0.1, -0.05) is 11.6 Å². The van der Waals surface area contributed by atoms with Crippen LogP contribution < -0.4 is 14.8 Å². The van der Waals surface area contributed by atoms with Crippen molar-refractivity contribution in [1.82, 2.24) is 5.32 Å². The molecule has 0 aliphatic carbocycles. The normalized spacial score (nSPS) is 14.0. The summed E-state index contributed by atoms with van der Waals surface area (Å²) in [6.45, 7) is 2.11. The van der Waals surface area contributed by atoms with E-state index >= 15 is 0 Å². The topological polar surface area (TPSA) is 30.5 Å². The highest BCUT2D eigenvalue weighted by Crippen LogP contribution is 2.35. The number of fused-ring (bicyclic) bond motifs is 1. The molecule has 1 N–H and O–H groups in total. The van der Waals surface area contributed by atoms with E-state index in [4.69, 9.17) is 21.1 Å². The van der Waals surface area contributed by atoms with Crippen LogP contribution in [0, 0.1) is 0 Å². The van der Waals surface area contributed by atoms with Crippen LogP contribution in [0.5, 0.6) is 11.5 Å². The van der Waals surface area contributed by atoms with E-state index in [2.05, 4.69) is 5.32 Å². The lowest BCUT2D eigenvalue weighted by molar-refractivity contribution is 0.171. The Balaban J connectivity index is 2.24. The summed E-state index contributed by atoms with van der Waals surface area (Å²) in [6, 6.07) is 3.80. The molecule has 0 fully saturated rings. The number of benzene rings is 1. The molecule has 0 bridgehead atoms. The van der Waals surface area contributed by atoms with Gasteiger partial charge in [-0.2, -0.15) is 0 Å². The molecule has 0 saturated carbocycles. The molecule has 1 aromatic rings. The summed E-state index contributed by atoms with van der Waals surface area (Å²) in [7, 11) is 1.92. The SMILES string of the molecule is CNCCc1cc2c(cc1Cl)OCCO2. The molecule has 1 heterocycles. The highest BCUT2D eigenvalue weighted by atomic mass is 35.5. The Morgan fingerprint density at radius 3 is 2.60 bits per heavy atom. The van der Waals surface area contributed by atoms with Gasteiger partial charge in [-0.25, -0.2) is 0 Å². The maximum atomic E-state index is 6.13. The second kappa shape index (κ2) is 4.73. The number of likely N-dealkylation sites (N-methyl/N-ethyl adjacent to an activating group) is 1. The summed E-state index contributed by atoms with van der Waals surface area (Å²) < 4.78 is 10.9. The summed E-state index contributed by atoms with van der Waals surface area (Å²) in [5.41, 5.74) is 1.09. The minimum absolute atomic E-state index is 0.596. The smallest absolute Gasteiger partial charge is 0.162 e. The van der Waals surface area contributed by atoms with E-state index in [1.165, 1.54) is 0 Å². The van der Waals surface area contributed by atoms with E-state index < -0.39 is 0 Å². The van der Waals surface area contributed by atoms with Crippen LogP contribution in [0.2, 0.25) is 5.02 Å². The Labute approximate surface area is 94.3 Å². The van der Waals surface area contributed by atoms with Crippen molar-refractivity contribution in [2.24, 2.45) is 0 Å². The number of nitrogens with one attached hydrogen (secondary N) is 1. The first kappa shape index (κ1) is 10.6. The maximum Gasteiger partial charge on any atom is 0.162 e. The molecular weight excluding hydrogens is 214 g/mol. The van der Waals surface area contributed by atoms with Crippen molar-refractivity contribution in [3.05, 3.63) is 22.7 Å². The predicted octanol–water partition coefficient (Wildman–Crippen LogP) is 1.87. The minimum atomic E-state index is 0.596. The first-order valence-corrected chi connectivity index (χ1v) is 5.41. The Morgan fingerprint density at radius 1 is 1.27 bits per heavy atom. The van der Waals surface area contributed by atoms with Crippen LogP contribution in [0.15, 0.2) is 12.1 Å². The molecule has 2 rings (SSSR count). The average molecular weight is 228 g/mol. The van der Waals surface area contributed by atoms with Gasteiger partial charge in [0.25, 0.3) is 0 Å². The largest absolute Gasteiger partial charge is 0.486 e. The first-order chi connectivity index (χ1) is 7.31. The number of hydrogen-bond donors (Lipinski definition) is 1. The van der Waals surface area contributed by atoms with E-state index in [0.29, 0.717) is 13.2 Å². The lowest BCUT2D eigenvalue weighted by atomic mass is 10.1. The van der Waals surface area contributed by atoms with Crippen molar-refractivity contribution in [3.63, 3.8) is 0 Å². The lowest BCUT2D eigenvalue weighted by Gasteiger charge is -2.19. The molecule has 0 amide bonds. The van der Waals surface area contributed by atoms with Gasteiger partial charge in [-0.15, -0.1) is 0 Å². The number of halogens is 1. The Morgan fingerprint density at radius 2 is 1.93 bits per heavy atom. The predicted molar refractivity (Wildman–Crippen MR) is 60.1 cm³/mol. The molecule has 0 unspecified atom stereocenters. The van der Waals surface area contributed by atoms with Crippen LogP contribution in [0.25, 0.3) is 0 Å². The Kier molecular flexibility index (Phi) is 3.34. The summed E-state index contributed by atoms with van der Waals surface area (Å²) >= 11 is 6.13. The Bertz CT molecular complexity index is 355. The minimum Gasteiger partial charge on any atom is -0.486 e. The summed E-state index contributed by atoms with van der Waals surface area (Å²) in [5.74, 6) is 1.55. The van der Waals surface area contributed by atoms with Crippen molar-refractivity contribution >= 4 is 11.6 Å². The van der Waals surface area contributed by atoms with E-state index in [9.17, 15) is 0 Å². The molecule has 0 aromatic heterocycles. The molecule has 0 saturated heterocycles. The molecule has 0 radical (unpaired) electrons. The zero-order valence-electron chi connectivity index (χ0n) is 8.68. The van der Waals surface area contributed by atoms with Gasteiger partial charge in [0.2, 0.25) is 0 Å². The fourth-order valence-corrected chi connectivity index (χ4v) is 1.81. The van der Waals surface area contributed by atoms with Gasteiger partial charge in [0, 0.05) is 11.1 Å². The molecule has 82 valence electrons. The fourth-order valence-electron chi connectivity index (χ4n) is 1.56. The third kappa shape index (κ3) is 2.36. The van der Waals surface area contributed by atoms with E-state index in [1.54, 1.807) is 0 Å². The first-order valence-electron chi connectivity index (χ1n) is 5.04. The van der Waals surface area contributed by atoms with Gasteiger partial charge >= 0.3 is 0 Å². The van der Waals surface area contributed by atoms with Gasteiger partial charge in [0.05, 0.1) is 0 Å². The molecule has 3 nitrogen and oxygen atoms in total. The van der Waals surface area contributed by atoms with Crippen molar-refractivity contribution in [1.29, 1.82) is 0 Å². The highest BCUT2D eigenvalue weighted by molar-refractivity contribution is 6.31. The average Bonchev–Trinajstić information content (AvgIpc) is 2.26. The molecular formula is C11H14ClNO2. The van der Waals surface area contributed by atoms with Gasteiger partial charge in [0.1, 0.15) is 13.2 Å². The quantitative estimate of drug-likeness (QED) is 0.855. The van der Waals surface area contributed by atoms with Crippen LogP contribution >= 0.6 is 11.6 Å². The van der Waals surface area contributed by atoms with Crippen molar-refractivity contribution in [3.8, 4) is 11.5 Å². The number of ether oxygens (including phenoxy) is 2.